The molecule has 1 aliphatic rings. The largest absolute Gasteiger partial charge is 0.492 e. The van der Waals surface area contributed by atoms with Crippen LogP contribution in [0.1, 0.15) is 29.4 Å². The molecule has 1 saturated heterocycles. The average Bonchev–Trinajstić information content (AvgIpc) is 3.28. The maximum absolute atomic E-state index is 12.4. The number of carbonyl (C=O) groups excluding carboxylic acids is 3. The number of nitrogens with one attached hydrogen (secondary N) is 1. The number of para-hydroxylation sites is 2. The van der Waals surface area contributed by atoms with Gasteiger partial charge in [0.15, 0.2) is 6.61 Å². The second kappa shape index (κ2) is 10.1. The van der Waals surface area contributed by atoms with Crippen LogP contribution < -0.4 is 10.1 Å². The highest BCUT2D eigenvalue weighted by Gasteiger charge is 2.29. The molecule has 1 N–H and O–H groups in total. The molecule has 0 aliphatic carbocycles. The van der Waals surface area contributed by atoms with Crippen molar-refractivity contribution in [3.05, 3.63) is 46.7 Å². The van der Waals surface area contributed by atoms with E-state index in [9.17, 15) is 14.4 Å². The van der Waals surface area contributed by atoms with Gasteiger partial charge in [0.1, 0.15) is 5.75 Å². The van der Waals surface area contributed by atoms with Crippen LogP contribution in [0.2, 0.25) is 0 Å². The predicted molar refractivity (Wildman–Crippen MR) is 110 cm³/mol. The van der Waals surface area contributed by atoms with Gasteiger partial charge in [-0.3, -0.25) is 14.4 Å². The topological polar surface area (TPSA) is 84.9 Å². The maximum atomic E-state index is 12.4. The van der Waals surface area contributed by atoms with Crippen molar-refractivity contribution >= 4 is 34.8 Å². The zero-order valence-corrected chi connectivity index (χ0v) is 17.1. The normalized spacial score (nSPS) is 14.3. The predicted octanol–water partition coefficient (Wildman–Crippen LogP) is 3.18. The molecule has 1 aliphatic heterocycles. The van der Waals surface area contributed by atoms with Crippen LogP contribution in [-0.2, 0) is 14.3 Å². The summed E-state index contributed by atoms with van der Waals surface area (Å²) in [5.74, 6) is -0.556. The van der Waals surface area contributed by atoms with E-state index in [1.54, 1.807) is 29.2 Å². The third-order valence-electron chi connectivity index (χ3n) is 4.65. The Kier molecular flexibility index (Phi) is 7.24. The first-order valence-corrected chi connectivity index (χ1v) is 10.5. The molecule has 1 aromatic carbocycles. The van der Waals surface area contributed by atoms with E-state index in [0.717, 1.165) is 0 Å². The molecular weight excluding hydrogens is 392 g/mol. The number of esters is 1. The summed E-state index contributed by atoms with van der Waals surface area (Å²) in [6.07, 6.45) is 1.06. The zero-order chi connectivity index (χ0) is 20.6. The standard InChI is InChI=1S/C21H24N2O5S/c1-2-27-17-7-4-3-6-16(17)22-19(24)14-28-21(26)15-9-11-23(12-10-15)20(25)18-8-5-13-29-18/h3-8,13,15H,2,9-12,14H2,1H3,(H,22,24). The van der Waals surface area contributed by atoms with Crippen molar-refractivity contribution in [2.24, 2.45) is 5.92 Å². The summed E-state index contributed by atoms with van der Waals surface area (Å²) in [5, 5.41) is 4.57. The van der Waals surface area contributed by atoms with Crippen LogP contribution in [0.5, 0.6) is 5.75 Å². The van der Waals surface area contributed by atoms with Gasteiger partial charge in [0.2, 0.25) is 0 Å². The van der Waals surface area contributed by atoms with Crippen LogP contribution >= 0.6 is 11.3 Å². The molecule has 0 bridgehead atoms. The number of piperidine rings is 1. The summed E-state index contributed by atoms with van der Waals surface area (Å²) in [5.41, 5.74) is 0.538. The number of ether oxygens (including phenoxy) is 2. The van der Waals surface area contributed by atoms with Crippen LogP contribution in [0.4, 0.5) is 5.69 Å². The Balaban J connectivity index is 1.43. The second-order valence-electron chi connectivity index (χ2n) is 6.63. The summed E-state index contributed by atoms with van der Waals surface area (Å²) >= 11 is 1.41. The number of thiophene rings is 1. The van der Waals surface area contributed by atoms with Crippen molar-refractivity contribution in [3.8, 4) is 5.75 Å². The summed E-state index contributed by atoms with van der Waals surface area (Å²) in [4.78, 5) is 39.3. The van der Waals surface area contributed by atoms with Crippen molar-refractivity contribution in [1.82, 2.24) is 4.90 Å². The molecule has 2 amide bonds. The third-order valence-corrected chi connectivity index (χ3v) is 5.51. The number of hydrogen-bond donors (Lipinski definition) is 1. The lowest BCUT2D eigenvalue weighted by Gasteiger charge is -2.30. The lowest BCUT2D eigenvalue weighted by Crippen LogP contribution is -2.40. The van der Waals surface area contributed by atoms with Gasteiger partial charge in [-0.2, -0.15) is 0 Å². The monoisotopic (exact) mass is 416 g/mol. The second-order valence-corrected chi connectivity index (χ2v) is 7.58. The van der Waals surface area contributed by atoms with Crippen molar-refractivity contribution < 1.29 is 23.9 Å². The van der Waals surface area contributed by atoms with Gasteiger partial charge in [0.25, 0.3) is 11.8 Å². The average molecular weight is 416 g/mol. The van der Waals surface area contributed by atoms with E-state index in [1.807, 2.05) is 24.4 Å². The molecule has 7 nitrogen and oxygen atoms in total. The molecule has 2 aromatic rings. The van der Waals surface area contributed by atoms with Gasteiger partial charge in [0.05, 0.1) is 23.1 Å². The minimum absolute atomic E-state index is 0.000779. The van der Waals surface area contributed by atoms with E-state index >= 15 is 0 Å². The van der Waals surface area contributed by atoms with E-state index in [4.69, 9.17) is 9.47 Å². The smallest absolute Gasteiger partial charge is 0.309 e. The number of carbonyl (C=O) groups is 3. The van der Waals surface area contributed by atoms with Crippen LogP contribution in [0, 0.1) is 5.92 Å². The minimum Gasteiger partial charge on any atom is -0.492 e. The number of anilines is 1. The fourth-order valence-corrected chi connectivity index (χ4v) is 3.86. The molecule has 2 heterocycles. The molecule has 0 saturated carbocycles. The van der Waals surface area contributed by atoms with Gasteiger partial charge in [-0.05, 0) is 43.3 Å². The van der Waals surface area contributed by atoms with E-state index in [1.165, 1.54) is 11.3 Å². The molecular formula is C21H24N2O5S. The third kappa shape index (κ3) is 5.57. The highest BCUT2D eigenvalue weighted by Crippen LogP contribution is 2.24. The fraction of sp³-hybridized carbons (Fsp3) is 0.381. The molecule has 0 spiro atoms. The van der Waals surface area contributed by atoms with Crippen molar-refractivity contribution in [1.29, 1.82) is 0 Å². The van der Waals surface area contributed by atoms with Crippen LogP contribution in [0.3, 0.4) is 0 Å². The molecule has 3 rings (SSSR count). The van der Waals surface area contributed by atoms with E-state index in [2.05, 4.69) is 5.32 Å². The molecule has 0 radical (unpaired) electrons. The highest BCUT2D eigenvalue weighted by molar-refractivity contribution is 7.12. The van der Waals surface area contributed by atoms with E-state index < -0.39 is 11.9 Å². The quantitative estimate of drug-likeness (QED) is 0.701. The number of amides is 2. The summed E-state index contributed by atoms with van der Waals surface area (Å²) < 4.78 is 10.7. The van der Waals surface area contributed by atoms with E-state index in [0.29, 0.717) is 48.9 Å². The van der Waals surface area contributed by atoms with Crippen LogP contribution in [-0.4, -0.2) is 49.0 Å². The molecule has 0 unspecified atom stereocenters. The Morgan fingerprint density at radius 1 is 1.14 bits per heavy atom. The van der Waals surface area contributed by atoms with Crippen molar-refractivity contribution in [2.45, 2.75) is 19.8 Å². The van der Waals surface area contributed by atoms with Gasteiger partial charge in [0, 0.05) is 13.1 Å². The Hall–Kier alpha value is -2.87. The Morgan fingerprint density at radius 2 is 1.90 bits per heavy atom. The number of benzene rings is 1. The molecule has 0 atom stereocenters. The molecule has 29 heavy (non-hydrogen) atoms. The number of nitrogens with zero attached hydrogens (tertiary/aromatic N) is 1. The number of hydrogen-bond acceptors (Lipinski definition) is 6. The summed E-state index contributed by atoms with van der Waals surface area (Å²) in [6, 6.07) is 10.7. The van der Waals surface area contributed by atoms with Crippen molar-refractivity contribution in [2.75, 3.05) is 31.6 Å². The van der Waals surface area contributed by atoms with Gasteiger partial charge >= 0.3 is 5.97 Å². The molecule has 1 fully saturated rings. The van der Waals surface area contributed by atoms with Crippen LogP contribution in [0.25, 0.3) is 0 Å². The maximum Gasteiger partial charge on any atom is 0.309 e. The van der Waals surface area contributed by atoms with E-state index in [-0.39, 0.29) is 18.4 Å². The molecule has 1 aromatic heterocycles. The Morgan fingerprint density at radius 3 is 2.59 bits per heavy atom. The Labute approximate surface area is 173 Å². The SMILES string of the molecule is CCOc1ccccc1NC(=O)COC(=O)C1CCN(C(=O)c2cccs2)CC1. The highest BCUT2D eigenvalue weighted by atomic mass is 32.1. The molecule has 154 valence electrons. The first-order chi connectivity index (χ1) is 14.1. The zero-order valence-electron chi connectivity index (χ0n) is 16.3. The fourth-order valence-electron chi connectivity index (χ4n) is 3.17. The lowest BCUT2D eigenvalue weighted by molar-refractivity contribution is -0.152. The Bertz CT molecular complexity index is 845. The number of likely N-dealkylation sites (tertiary alicyclic amines) is 1. The van der Waals surface area contributed by atoms with Gasteiger partial charge in [-0.25, -0.2) is 0 Å². The first-order valence-electron chi connectivity index (χ1n) is 9.59. The summed E-state index contributed by atoms with van der Waals surface area (Å²) in [7, 11) is 0. The van der Waals surface area contributed by atoms with Crippen LogP contribution in [0.15, 0.2) is 41.8 Å². The van der Waals surface area contributed by atoms with Gasteiger partial charge < -0.3 is 19.7 Å². The molecule has 8 heteroatoms. The van der Waals surface area contributed by atoms with Gasteiger partial charge in [-0.1, -0.05) is 18.2 Å². The minimum atomic E-state index is -0.421. The lowest BCUT2D eigenvalue weighted by atomic mass is 9.97. The first kappa shape index (κ1) is 20.9. The van der Waals surface area contributed by atoms with Crippen molar-refractivity contribution in [3.63, 3.8) is 0 Å². The number of rotatable bonds is 7. The van der Waals surface area contributed by atoms with Gasteiger partial charge in [-0.15, -0.1) is 11.3 Å². The summed E-state index contributed by atoms with van der Waals surface area (Å²) in [6.45, 7) is 3.00.